The molecular formula is C28H38ClN7O. The van der Waals surface area contributed by atoms with E-state index in [-0.39, 0.29) is 12.1 Å². The molecule has 0 radical (unpaired) electrons. The Morgan fingerprint density at radius 1 is 1.16 bits per heavy atom. The molecule has 1 aromatic carbocycles. The highest BCUT2D eigenvalue weighted by Crippen LogP contribution is 2.36. The molecule has 0 aliphatic carbocycles. The molecule has 2 aliphatic heterocycles. The zero-order valence-electron chi connectivity index (χ0n) is 22.2. The van der Waals surface area contributed by atoms with Crippen molar-refractivity contribution in [3.05, 3.63) is 53.2 Å². The Morgan fingerprint density at radius 2 is 2.00 bits per heavy atom. The number of hydrogen-bond donors (Lipinski definition) is 1. The number of nitrogens with zero attached hydrogens (tertiary/aromatic N) is 6. The maximum Gasteiger partial charge on any atom is 0.160 e. The lowest BCUT2D eigenvalue weighted by atomic mass is 10.1. The van der Waals surface area contributed by atoms with Gasteiger partial charge in [0.15, 0.2) is 5.65 Å². The van der Waals surface area contributed by atoms with Crippen molar-refractivity contribution in [3.63, 3.8) is 0 Å². The third-order valence-corrected chi connectivity index (χ3v) is 7.86. The van der Waals surface area contributed by atoms with Gasteiger partial charge in [-0.15, -0.1) is 0 Å². The molecule has 3 aromatic rings. The first kappa shape index (κ1) is 25.7. The van der Waals surface area contributed by atoms with Crippen molar-refractivity contribution < 1.29 is 4.74 Å². The fourth-order valence-electron chi connectivity index (χ4n) is 5.44. The molecule has 2 atom stereocenters. The molecule has 0 spiro atoms. The Bertz CT molecular complexity index is 1270. The molecule has 37 heavy (non-hydrogen) atoms. The predicted octanol–water partition coefficient (Wildman–Crippen LogP) is 4.97. The Balaban J connectivity index is 1.62. The first-order valence-corrected chi connectivity index (χ1v) is 13.8. The van der Waals surface area contributed by atoms with Crippen LogP contribution >= 0.6 is 11.6 Å². The van der Waals surface area contributed by atoms with E-state index in [2.05, 4.69) is 54.3 Å². The normalized spacial score (nSPS) is 21.2. The second-order valence-electron chi connectivity index (χ2n) is 10.1. The van der Waals surface area contributed by atoms with Crippen LogP contribution in [-0.2, 0) is 0 Å². The Labute approximate surface area is 224 Å². The monoisotopic (exact) mass is 523 g/mol. The summed E-state index contributed by atoms with van der Waals surface area (Å²) in [5.74, 6) is 2.85. The standard InChI is InChI=1S/C28H38ClN7O/c1-5-24-23-16-27-31-26(35-13-11-21(30)18-35)17-28(36(27)32-23)34(6-2)12-7-8-14-37-25-10-9-20(29)15-22(25)19(3)33(24)4/h9-10,15-17,21,24H,3,5-8,11-14,18,30H2,1-2,4H3/t21-,24?/m0/s1. The molecule has 2 bridgehead atoms. The third-order valence-electron chi connectivity index (χ3n) is 7.62. The Hall–Kier alpha value is -2.97. The van der Waals surface area contributed by atoms with Gasteiger partial charge in [-0.3, -0.25) is 0 Å². The van der Waals surface area contributed by atoms with Gasteiger partial charge < -0.3 is 25.2 Å². The lowest BCUT2D eigenvalue weighted by Gasteiger charge is -2.30. The minimum absolute atomic E-state index is 0.0118. The fourth-order valence-corrected chi connectivity index (χ4v) is 5.62. The summed E-state index contributed by atoms with van der Waals surface area (Å²) in [6.07, 6.45) is 3.78. The van der Waals surface area contributed by atoms with Crippen molar-refractivity contribution in [1.29, 1.82) is 0 Å². The van der Waals surface area contributed by atoms with Crippen LogP contribution in [0.2, 0.25) is 5.02 Å². The van der Waals surface area contributed by atoms with Crippen LogP contribution in [0, 0.1) is 0 Å². The van der Waals surface area contributed by atoms with Crippen molar-refractivity contribution in [1.82, 2.24) is 19.5 Å². The van der Waals surface area contributed by atoms with Crippen LogP contribution in [0.25, 0.3) is 11.3 Å². The van der Waals surface area contributed by atoms with Crippen LogP contribution in [0.15, 0.2) is 36.9 Å². The summed E-state index contributed by atoms with van der Waals surface area (Å²) in [4.78, 5) is 11.9. The van der Waals surface area contributed by atoms with Crippen LogP contribution in [0.5, 0.6) is 5.75 Å². The molecule has 1 unspecified atom stereocenters. The molecule has 9 heteroatoms. The van der Waals surface area contributed by atoms with Crippen LogP contribution < -0.4 is 20.3 Å². The van der Waals surface area contributed by atoms with Gasteiger partial charge in [-0.25, -0.2) is 4.98 Å². The smallest absolute Gasteiger partial charge is 0.160 e. The highest BCUT2D eigenvalue weighted by molar-refractivity contribution is 6.30. The van der Waals surface area contributed by atoms with E-state index in [9.17, 15) is 0 Å². The van der Waals surface area contributed by atoms with Gasteiger partial charge in [0.1, 0.15) is 17.4 Å². The lowest BCUT2D eigenvalue weighted by molar-refractivity contribution is 0.302. The van der Waals surface area contributed by atoms with Crippen LogP contribution in [0.3, 0.4) is 0 Å². The number of halogens is 1. The van der Waals surface area contributed by atoms with E-state index in [1.807, 2.05) is 22.7 Å². The van der Waals surface area contributed by atoms with E-state index in [1.165, 1.54) is 0 Å². The Morgan fingerprint density at radius 3 is 2.73 bits per heavy atom. The molecule has 1 saturated heterocycles. The highest BCUT2D eigenvalue weighted by atomic mass is 35.5. The highest BCUT2D eigenvalue weighted by Gasteiger charge is 2.26. The minimum atomic E-state index is 0.0118. The molecule has 198 valence electrons. The average molecular weight is 524 g/mol. The predicted molar refractivity (Wildman–Crippen MR) is 152 cm³/mol. The minimum Gasteiger partial charge on any atom is -0.493 e. The van der Waals surface area contributed by atoms with Crippen LogP contribution in [0.1, 0.15) is 56.8 Å². The summed E-state index contributed by atoms with van der Waals surface area (Å²) in [7, 11) is 2.06. The van der Waals surface area contributed by atoms with E-state index in [0.717, 1.165) is 91.8 Å². The van der Waals surface area contributed by atoms with E-state index >= 15 is 0 Å². The number of anilines is 2. The van der Waals surface area contributed by atoms with Crippen molar-refractivity contribution >= 4 is 34.6 Å². The quantitative estimate of drug-likeness (QED) is 0.519. The van der Waals surface area contributed by atoms with Crippen LogP contribution in [-0.4, -0.2) is 65.4 Å². The maximum atomic E-state index is 6.39. The van der Waals surface area contributed by atoms with Gasteiger partial charge in [0.05, 0.1) is 18.3 Å². The summed E-state index contributed by atoms with van der Waals surface area (Å²) in [6, 6.07) is 10.3. The van der Waals surface area contributed by atoms with Gasteiger partial charge in [-0.2, -0.15) is 9.61 Å². The zero-order chi connectivity index (χ0) is 26.1. The molecule has 2 N–H and O–H groups in total. The van der Waals surface area contributed by atoms with Gasteiger partial charge in [0.2, 0.25) is 0 Å². The fraction of sp³-hybridized carbons (Fsp3) is 0.500. The summed E-state index contributed by atoms with van der Waals surface area (Å²) in [5.41, 5.74) is 9.82. The van der Waals surface area contributed by atoms with Gasteiger partial charge >= 0.3 is 0 Å². The second kappa shape index (κ2) is 10.8. The molecule has 8 nitrogen and oxygen atoms in total. The first-order chi connectivity index (χ1) is 17.9. The van der Waals surface area contributed by atoms with Gasteiger partial charge in [-0.1, -0.05) is 25.1 Å². The molecule has 4 heterocycles. The van der Waals surface area contributed by atoms with Crippen molar-refractivity contribution in [2.45, 2.75) is 51.6 Å². The van der Waals surface area contributed by atoms with Crippen LogP contribution in [0.4, 0.5) is 11.6 Å². The molecule has 2 aromatic heterocycles. The largest absolute Gasteiger partial charge is 0.493 e. The number of hydrogen-bond acceptors (Lipinski definition) is 7. The molecular weight excluding hydrogens is 486 g/mol. The average Bonchev–Trinajstić information content (AvgIpc) is 3.52. The number of fused-ring (bicyclic) bond motifs is 2. The summed E-state index contributed by atoms with van der Waals surface area (Å²) < 4.78 is 8.26. The number of rotatable bonds is 3. The molecule has 1 fully saturated rings. The SMILES string of the molecule is C=C1c2cc(Cl)ccc2OCCCCN(CC)c2cc(N3CC[C@H](N)C3)nc3cc(nn23)C(CC)N1C. The van der Waals surface area contributed by atoms with Gasteiger partial charge in [-0.05, 0) is 50.8 Å². The molecule has 5 rings (SSSR count). The van der Waals surface area contributed by atoms with E-state index in [0.29, 0.717) is 11.6 Å². The summed E-state index contributed by atoms with van der Waals surface area (Å²) >= 11 is 6.39. The molecule has 2 aliphatic rings. The molecule has 0 saturated carbocycles. The number of nitrogens with two attached hydrogens (primary N) is 1. The van der Waals surface area contributed by atoms with Crippen molar-refractivity contribution in [2.24, 2.45) is 5.73 Å². The summed E-state index contributed by atoms with van der Waals surface area (Å²) in [5, 5.41) is 5.79. The van der Waals surface area contributed by atoms with Gasteiger partial charge in [0, 0.05) is 67.7 Å². The van der Waals surface area contributed by atoms with Crippen molar-refractivity contribution in [3.8, 4) is 5.75 Å². The third kappa shape index (κ3) is 5.09. The lowest BCUT2D eigenvalue weighted by Crippen LogP contribution is -2.29. The Kier molecular flexibility index (Phi) is 7.49. The molecule has 0 amide bonds. The number of aromatic nitrogens is 3. The summed E-state index contributed by atoms with van der Waals surface area (Å²) in [6.45, 7) is 13.0. The second-order valence-corrected chi connectivity index (χ2v) is 10.5. The van der Waals surface area contributed by atoms with E-state index < -0.39 is 0 Å². The van der Waals surface area contributed by atoms with Crippen molar-refractivity contribution in [2.75, 3.05) is 49.6 Å². The van der Waals surface area contributed by atoms with E-state index in [4.69, 9.17) is 32.2 Å². The first-order valence-electron chi connectivity index (χ1n) is 13.4. The van der Waals surface area contributed by atoms with E-state index in [1.54, 1.807) is 0 Å². The topological polar surface area (TPSA) is 75.2 Å². The number of benzene rings is 1. The van der Waals surface area contributed by atoms with Gasteiger partial charge in [0.25, 0.3) is 0 Å². The number of ether oxygens (including phenoxy) is 1. The zero-order valence-corrected chi connectivity index (χ0v) is 22.9. The maximum absolute atomic E-state index is 6.39.